The number of H-pyrrole nitrogens is 1. The molecule has 3 nitrogen and oxygen atoms in total. The SMILES string of the molecule is Cc1n[nH]c(C)c1NC1CC(c2ccccc2Cl)C1. The van der Waals surface area contributed by atoms with Crippen molar-refractivity contribution in [2.45, 2.75) is 38.6 Å². The standard InChI is InChI=1S/C15H18ClN3/c1-9-15(10(2)19-18-9)17-12-7-11(8-12)13-5-3-4-6-14(13)16/h3-6,11-12,17H,7-8H2,1-2H3,(H,18,19). The van der Waals surface area contributed by atoms with E-state index in [4.69, 9.17) is 11.6 Å². The average molecular weight is 276 g/mol. The van der Waals surface area contributed by atoms with E-state index in [0.717, 1.165) is 34.9 Å². The Morgan fingerprint density at radius 1 is 1.26 bits per heavy atom. The molecule has 100 valence electrons. The molecule has 1 aliphatic carbocycles. The van der Waals surface area contributed by atoms with Crippen LogP contribution in [0.2, 0.25) is 5.02 Å². The Balaban J connectivity index is 1.63. The molecule has 0 amide bonds. The molecule has 1 aromatic carbocycles. The summed E-state index contributed by atoms with van der Waals surface area (Å²) in [5.74, 6) is 0.582. The van der Waals surface area contributed by atoms with E-state index in [-0.39, 0.29) is 0 Å². The normalized spacial score (nSPS) is 22.1. The highest BCUT2D eigenvalue weighted by Gasteiger charge is 2.32. The lowest BCUT2D eigenvalue weighted by molar-refractivity contribution is 0.374. The lowest BCUT2D eigenvalue weighted by atomic mass is 9.75. The van der Waals surface area contributed by atoms with Crippen LogP contribution in [0.3, 0.4) is 0 Å². The van der Waals surface area contributed by atoms with E-state index in [0.29, 0.717) is 12.0 Å². The van der Waals surface area contributed by atoms with E-state index in [1.165, 1.54) is 5.56 Å². The highest BCUT2D eigenvalue weighted by atomic mass is 35.5. The van der Waals surface area contributed by atoms with Crippen molar-refractivity contribution in [3.05, 3.63) is 46.2 Å². The van der Waals surface area contributed by atoms with E-state index in [2.05, 4.69) is 27.6 Å². The molecule has 4 heteroatoms. The van der Waals surface area contributed by atoms with E-state index in [1.54, 1.807) is 0 Å². The molecule has 2 aromatic rings. The summed E-state index contributed by atoms with van der Waals surface area (Å²) in [6.07, 6.45) is 2.27. The van der Waals surface area contributed by atoms with Gasteiger partial charge in [0.05, 0.1) is 17.1 Å². The maximum Gasteiger partial charge on any atom is 0.0825 e. The summed E-state index contributed by atoms with van der Waals surface area (Å²) in [6, 6.07) is 8.68. The third-order valence-corrected chi connectivity index (χ3v) is 4.30. The van der Waals surface area contributed by atoms with Crippen molar-refractivity contribution < 1.29 is 0 Å². The summed E-state index contributed by atoms with van der Waals surface area (Å²) >= 11 is 6.24. The van der Waals surface area contributed by atoms with E-state index < -0.39 is 0 Å². The summed E-state index contributed by atoms with van der Waals surface area (Å²) in [6.45, 7) is 4.07. The number of anilines is 1. The van der Waals surface area contributed by atoms with Gasteiger partial charge in [-0.15, -0.1) is 0 Å². The quantitative estimate of drug-likeness (QED) is 0.888. The van der Waals surface area contributed by atoms with Gasteiger partial charge in [-0.3, -0.25) is 5.10 Å². The van der Waals surface area contributed by atoms with Crippen LogP contribution in [-0.2, 0) is 0 Å². The molecule has 0 unspecified atom stereocenters. The number of nitrogens with zero attached hydrogens (tertiary/aromatic N) is 1. The molecule has 2 N–H and O–H groups in total. The Bertz CT molecular complexity index is 565. The Kier molecular flexibility index (Phi) is 3.23. The van der Waals surface area contributed by atoms with Crippen LogP contribution in [-0.4, -0.2) is 16.2 Å². The van der Waals surface area contributed by atoms with Gasteiger partial charge in [0, 0.05) is 11.1 Å². The molecule has 1 saturated carbocycles. The number of aromatic amines is 1. The van der Waals surface area contributed by atoms with Gasteiger partial charge in [-0.25, -0.2) is 0 Å². The molecule has 0 atom stereocenters. The number of rotatable bonds is 3. The number of aromatic nitrogens is 2. The maximum absolute atomic E-state index is 6.24. The number of hydrogen-bond acceptors (Lipinski definition) is 2. The smallest absolute Gasteiger partial charge is 0.0825 e. The van der Waals surface area contributed by atoms with Crippen LogP contribution in [0.4, 0.5) is 5.69 Å². The Morgan fingerprint density at radius 3 is 2.63 bits per heavy atom. The summed E-state index contributed by atoms with van der Waals surface area (Å²) < 4.78 is 0. The topological polar surface area (TPSA) is 40.7 Å². The summed E-state index contributed by atoms with van der Waals surface area (Å²) in [7, 11) is 0. The predicted octanol–water partition coefficient (Wildman–Crippen LogP) is 4.04. The van der Waals surface area contributed by atoms with Gasteiger partial charge in [0.1, 0.15) is 0 Å². The van der Waals surface area contributed by atoms with Gasteiger partial charge in [-0.1, -0.05) is 29.8 Å². The molecule has 0 spiro atoms. The predicted molar refractivity (Wildman–Crippen MR) is 78.9 cm³/mol. The lowest BCUT2D eigenvalue weighted by Crippen LogP contribution is -2.34. The minimum absolute atomic E-state index is 0.524. The Morgan fingerprint density at radius 2 is 2.00 bits per heavy atom. The number of hydrogen-bond donors (Lipinski definition) is 2. The molecule has 0 bridgehead atoms. The number of benzene rings is 1. The monoisotopic (exact) mass is 275 g/mol. The summed E-state index contributed by atoms with van der Waals surface area (Å²) in [5.41, 5.74) is 4.59. The van der Waals surface area contributed by atoms with Gasteiger partial charge < -0.3 is 5.32 Å². The van der Waals surface area contributed by atoms with Crippen LogP contribution in [0.25, 0.3) is 0 Å². The largest absolute Gasteiger partial charge is 0.379 e. The van der Waals surface area contributed by atoms with Crippen LogP contribution < -0.4 is 5.32 Å². The molecule has 1 aromatic heterocycles. The minimum atomic E-state index is 0.524. The molecule has 0 aliphatic heterocycles. The first-order chi connectivity index (χ1) is 9.15. The van der Waals surface area contributed by atoms with Gasteiger partial charge in [0.2, 0.25) is 0 Å². The minimum Gasteiger partial charge on any atom is -0.379 e. The second kappa shape index (κ2) is 4.89. The van der Waals surface area contributed by atoms with Crippen LogP contribution in [0.1, 0.15) is 35.7 Å². The third-order valence-electron chi connectivity index (χ3n) is 3.96. The molecule has 1 aliphatic rings. The van der Waals surface area contributed by atoms with Crippen molar-refractivity contribution in [3.63, 3.8) is 0 Å². The fraction of sp³-hybridized carbons (Fsp3) is 0.400. The van der Waals surface area contributed by atoms with Gasteiger partial charge in [0.25, 0.3) is 0 Å². The van der Waals surface area contributed by atoms with Crippen molar-refractivity contribution in [1.29, 1.82) is 0 Å². The first kappa shape index (κ1) is 12.5. The number of nitrogens with one attached hydrogen (secondary N) is 2. The van der Waals surface area contributed by atoms with E-state index in [9.17, 15) is 0 Å². The summed E-state index contributed by atoms with van der Waals surface area (Å²) in [5, 5.41) is 11.7. The fourth-order valence-electron chi connectivity index (χ4n) is 2.76. The van der Waals surface area contributed by atoms with Gasteiger partial charge >= 0.3 is 0 Å². The zero-order valence-corrected chi connectivity index (χ0v) is 12.0. The van der Waals surface area contributed by atoms with Gasteiger partial charge in [-0.05, 0) is 44.2 Å². The van der Waals surface area contributed by atoms with Crippen molar-refractivity contribution in [2.24, 2.45) is 0 Å². The maximum atomic E-state index is 6.24. The highest BCUT2D eigenvalue weighted by molar-refractivity contribution is 6.31. The molecular formula is C15H18ClN3. The molecule has 19 heavy (non-hydrogen) atoms. The van der Waals surface area contributed by atoms with Crippen LogP contribution in [0.5, 0.6) is 0 Å². The van der Waals surface area contributed by atoms with Gasteiger partial charge in [-0.2, -0.15) is 5.10 Å². The highest BCUT2D eigenvalue weighted by Crippen LogP contribution is 2.41. The molecule has 0 saturated heterocycles. The van der Waals surface area contributed by atoms with Crippen LogP contribution in [0, 0.1) is 13.8 Å². The van der Waals surface area contributed by atoms with Crippen molar-refractivity contribution in [3.8, 4) is 0 Å². The third kappa shape index (κ3) is 2.35. The second-order valence-electron chi connectivity index (χ2n) is 5.34. The Hall–Kier alpha value is -1.48. The van der Waals surface area contributed by atoms with E-state index >= 15 is 0 Å². The van der Waals surface area contributed by atoms with Crippen LogP contribution in [0.15, 0.2) is 24.3 Å². The second-order valence-corrected chi connectivity index (χ2v) is 5.75. The average Bonchev–Trinajstić information content (AvgIpc) is 2.65. The zero-order chi connectivity index (χ0) is 13.4. The van der Waals surface area contributed by atoms with Crippen molar-refractivity contribution in [1.82, 2.24) is 10.2 Å². The number of halogens is 1. The molecule has 1 heterocycles. The van der Waals surface area contributed by atoms with Gasteiger partial charge in [0.15, 0.2) is 0 Å². The van der Waals surface area contributed by atoms with Crippen LogP contribution >= 0.6 is 11.6 Å². The summed E-state index contributed by atoms with van der Waals surface area (Å²) in [4.78, 5) is 0. The zero-order valence-electron chi connectivity index (χ0n) is 11.2. The number of aryl methyl sites for hydroxylation is 2. The molecule has 0 radical (unpaired) electrons. The molecule has 1 fully saturated rings. The Labute approximate surface area is 118 Å². The fourth-order valence-corrected chi connectivity index (χ4v) is 3.05. The van der Waals surface area contributed by atoms with Crippen molar-refractivity contribution >= 4 is 17.3 Å². The molecular weight excluding hydrogens is 258 g/mol. The van der Waals surface area contributed by atoms with Crippen molar-refractivity contribution in [2.75, 3.05) is 5.32 Å². The first-order valence-corrected chi connectivity index (χ1v) is 7.05. The first-order valence-electron chi connectivity index (χ1n) is 6.67. The lowest BCUT2D eigenvalue weighted by Gasteiger charge is -2.37. The molecule has 3 rings (SSSR count). The van der Waals surface area contributed by atoms with E-state index in [1.807, 2.05) is 26.0 Å².